The summed E-state index contributed by atoms with van der Waals surface area (Å²) in [5, 5.41) is 0. The number of unbranched alkanes of at least 4 members (excludes halogenated alkanes) is 7. The fourth-order valence-corrected chi connectivity index (χ4v) is 2.39. The van der Waals surface area contributed by atoms with E-state index in [1.54, 1.807) is 12.1 Å². The molecule has 0 aliphatic rings. The fourth-order valence-electron chi connectivity index (χ4n) is 2.39. The highest BCUT2D eigenvalue weighted by Gasteiger charge is 2.30. The van der Waals surface area contributed by atoms with E-state index in [1.165, 1.54) is 44.2 Å². The lowest BCUT2D eigenvalue weighted by molar-refractivity contribution is -0.274. The SMILES string of the molecule is NCCCCCCCCCCc1ccc(OC(F)(F)F)cc1. The van der Waals surface area contributed by atoms with Gasteiger partial charge in [-0.1, -0.05) is 50.7 Å². The fraction of sp³-hybridized carbons (Fsp3) is 0.647. The van der Waals surface area contributed by atoms with Gasteiger partial charge < -0.3 is 10.5 Å². The molecule has 0 unspecified atom stereocenters. The molecule has 2 nitrogen and oxygen atoms in total. The van der Waals surface area contributed by atoms with E-state index in [9.17, 15) is 13.2 Å². The van der Waals surface area contributed by atoms with Gasteiger partial charge in [-0.2, -0.15) is 0 Å². The Kier molecular flexibility index (Phi) is 8.97. The van der Waals surface area contributed by atoms with Crippen LogP contribution in [0.2, 0.25) is 0 Å². The third kappa shape index (κ3) is 9.66. The summed E-state index contributed by atoms with van der Waals surface area (Å²) in [4.78, 5) is 0. The molecule has 0 aliphatic carbocycles. The predicted molar refractivity (Wildman–Crippen MR) is 82.8 cm³/mol. The Labute approximate surface area is 130 Å². The lowest BCUT2D eigenvalue weighted by Crippen LogP contribution is -2.17. The molecule has 126 valence electrons. The maximum atomic E-state index is 12.0. The van der Waals surface area contributed by atoms with Crippen molar-refractivity contribution in [1.29, 1.82) is 0 Å². The Bertz CT molecular complexity index is 390. The van der Waals surface area contributed by atoms with Crippen molar-refractivity contribution in [3.05, 3.63) is 29.8 Å². The molecule has 0 bridgehead atoms. The van der Waals surface area contributed by atoms with Crippen molar-refractivity contribution in [1.82, 2.24) is 0 Å². The summed E-state index contributed by atoms with van der Waals surface area (Å²) in [5.74, 6) is -0.159. The molecule has 0 fully saturated rings. The minimum absolute atomic E-state index is 0.159. The number of rotatable bonds is 11. The molecule has 1 aromatic rings. The molecule has 0 spiro atoms. The predicted octanol–water partition coefficient (Wildman–Crippen LogP) is 5.21. The van der Waals surface area contributed by atoms with Crippen molar-refractivity contribution < 1.29 is 17.9 Å². The standard InChI is InChI=1S/C17H26F3NO/c18-17(19,20)22-16-12-10-15(11-13-16)9-7-5-3-1-2-4-6-8-14-21/h10-13H,1-9,14,21H2. The number of hydrogen-bond donors (Lipinski definition) is 1. The second-order valence-corrected chi connectivity index (χ2v) is 5.56. The summed E-state index contributed by atoms with van der Waals surface area (Å²) in [6.07, 6.45) is 5.87. The number of hydrogen-bond acceptors (Lipinski definition) is 2. The largest absolute Gasteiger partial charge is 0.573 e. The van der Waals surface area contributed by atoms with E-state index in [0.29, 0.717) is 0 Å². The topological polar surface area (TPSA) is 35.2 Å². The van der Waals surface area contributed by atoms with Gasteiger partial charge in [0.1, 0.15) is 5.75 Å². The second kappa shape index (κ2) is 10.5. The maximum absolute atomic E-state index is 12.0. The van der Waals surface area contributed by atoms with Gasteiger partial charge >= 0.3 is 6.36 Å². The molecule has 2 N–H and O–H groups in total. The maximum Gasteiger partial charge on any atom is 0.573 e. The zero-order valence-electron chi connectivity index (χ0n) is 13.0. The van der Waals surface area contributed by atoms with Crippen molar-refractivity contribution in [2.24, 2.45) is 5.73 Å². The van der Waals surface area contributed by atoms with Crippen LogP contribution >= 0.6 is 0 Å². The molecule has 5 heteroatoms. The first-order valence-corrected chi connectivity index (χ1v) is 8.06. The molecular weight excluding hydrogens is 291 g/mol. The van der Waals surface area contributed by atoms with Gasteiger partial charge in [-0.15, -0.1) is 13.2 Å². The minimum atomic E-state index is -4.62. The van der Waals surface area contributed by atoms with Crippen LogP contribution in [0, 0.1) is 0 Å². The normalized spacial score (nSPS) is 11.6. The summed E-state index contributed by atoms with van der Waals surface area (Å²) in [7, 11) is 0. The summed E-state index contributed by atoms with van der Waals surface area (Å²) in [6.45, 7) is 0.785. The van der Waals surface area contributed by atoms with Crippen LogP contribution in [0.25, 0.3) is 0 Å². The zero-order chi connectivity index (χ0) is 16.3. The summed E-state index contributed by atoms with van der Waals surface area (Å²) < 4.78 is 39.9. The molecule has 0 amide bonds. The number of aryl methyl sites for hydroxylation is 1. The first-order valence-electron chi connectivity index (χ1n) is 8.06. The van der Waals surface area contributed by atoms with Crippen LogP contribution in [-0.2, 0) is 6.42 Å². The third-order valence-electron chi connectivity index (χ3n) is 3.58. The molecule has 22 heavy (non-hydrogen) atoms. The van der Waals surface area contributed by atoms with Crippen LogP contribution in [-0.4, -0.2) is 12.9 Å². The van der Waals surface area contributed by atoms with Crippen LogP contribution in [0.1, 0.15) is 56.9 Å². The van der Waals surface area contributed by atoms with Gasteiger partial charge in [-0.3, -0.25) is 0 Å². The number of benzene rings is 1. The van der Waals surface area contributed by atoms with Gasteiger partial charge in [-0.05, 0) is 43.5 Å². The van der Waals surface area contributed by atoms with E-state index in [2.05, 4.69) is 4.74 Å². The van der Waals surface area contributed by atoms with Crippen molar-refractivity contribution in [3.8, 4) is 5.75 Å². The highest BCUT2D eigenvalue weighted by molar-refractivity contribution is 5.27. The van der Waals surface area contributed by atoms with E-state index in [-0.39, 0.29) is 5.75 Å². The van der Waals surface area contributed by atoms with Crippen LogP contribution in [0.4, 0.5) is 13.2 Å². The highest BCUT2D eigenvalue weighted by atomic mass is 19.4. The molecule has 0 saturated heterocycles. The number of ether oxygens (including phenoxy) is 1. The Morgan fingerprint density at radius 1 is 0.773 bits per heavy atom. The van der Waals surface area contributed by atoms with Crippen LogP contribution in [0.3, 0.4) is 0 Å². The lowest BCUT2D eigenvalue weighted by atomic mass is 10.0. The molecule has 0 aliphatic heterocycles. The van der Waals surface area contributed by atoms with Gasteiger partial charge in [0.05, 0.1) is 0 Å². The summed E-state index contributed by atoms with van der Waals surface area (Å²) in [5.41, 5.74) is 6.49. The Morgan fingerprint density at radius 2 is 1.27 bits per heavy atom. The monoisotopic (exact) mass is 317 g/mol. The Hall–Kier alpha value is -1.23. The number of nitrogens with two attached hydrogens (primary N) is 1. The molecular formula is C17H26F3NO. The molecule has 0 heterocycles. The molecule has 1 aromatic carbocycles. The van der Waals surface area contributed by atoms with Crippen LogP contribution in [0.15, 0.2) is 24.3 Å². The molecule has 1 rings (SSSR count). The zero-order valence-corrected chi connectivity index (χ0v) is 13.0. The lowest BCUT2D eigenvalue weighted by Gasteiger charge is -2.09. The Morgan fingerprint density at radius 3 is 1.77 bits per heavy atom. The summed E-state index contributed by atoms with van der Waals surface area (Å²) >= 11 is 0. The van der Waals surface area contributed by atoms with Crippen LogP contribution in [0.5, 0.6) is 5.75 Å². The van der Waals surface area contributed by atoms with E-state index < -0.39 is 6.36 Å². The van der Waals surface area contributed by atoms with Gasteiger partial charge in [-0.25, -0.2) is 0 Å². The molecule has 0 saturated carbocycles. The minimum Gasteiger partial charge on any atom is -0.406 e. The van der Waals surface area contributed by atoms with Gasteiger partial charge in [0, 0.05) is 0 Å². The van der Waals surface area contributed by atoms with E-state index in [4.69, 9.17) is 5.73 Å². The quantitative estimate of drug-likeness (QED) is 0.569. The van der Waals surface area contributed by atoms with Gasteiger partial charge in [0.2, 0.25) is 0 Å². The van der Waals surface area contributed by atoms with E-state index in [1.807, 2.05) is 0 Å². The van der Waals surface area contributed by atoms with E-state index in [0.717, 1.165) is 37.8 Å². The summed E-state index contributed by atoms with van der Waals surface area (Å²) in [6, 6.07) is 6.16. The second-order valence-electron chi connectivity index (χ2n) is 5.56. The van der Waals surface area contributed by atoms with Crippen molar-refractivity contribution in [2.75, 3.05) is 6.54 Å². The smallest absolute Gasteiger partial charge is 0.406 e. The molecule has 0 radical (unpaired) electrons. The highest BCUT2D eigenvalue weighted by Crippen LogP contribution is 2.23. The van der Waals surface area contributed by atoms with E-state index >= 15 is 0 Å². The first-order chi connectivity index (χ1) is 10.5. The average molecular weight is 317 g/mol. The third-order valence-corrected chi connectivity index (χ3v) is 3.58. The van der Waals surface area contributed by atoms with Gasteiger partial charge in [0.15, 0.2) is 0 Å². The van der Waals surface area contributed by atoms with Crippen molar-refractivity contribution >= 4 is 0 Å². The average Bonchev–Trinajstić information content (AvgIpc) is 2.46. The van der Waals surface area contributed by atoms with Gasteiger partial charge in [0.25, 0.3) is 0 Å². The number of alkyl halides is 3. The first kappa shape index (κ1) is 18.8. The molecule has 0 atom stereocenters. The Balaban J connectivity index is 2.08. The molecule has 0 aromatic heterocycles. The van der Waals surface area contributed by atoms with Crippen molar-refractivity contribution in [2.45, 2.75) is 64.1 Å². The van der Waals surface area contributed by atoms with Crippen molar-refractivity contribution in [3.63, 3.8) is 0 Å². The number of halogens is 3. The van der Waals surface area contributed by atoms with Crippen LogP contribution < -0.4 is 10.5 Å².